The van der Waals surface area contributed by atoms with Gasteiger partial charge >= 0.3 is 0 Å². The molecule has 1 aliphatic carbocycles. The van der Waals surface area contributed by atoms with Crippen LogP contribution in [0.5, 0.6) is 0 Å². The Morgan fingerprint density at radius 1 is 1.29 bits per heavy atom. The molecule has 5 heteroatoms. The molecule has 1 heterocycles. The van der Waals surface area contributed by atoms with Crippen molar-refractivity contribution in [2.75, 3.05) is 13.1 Å². The van der Waals surface area contributed by atoms with Crippen molar-refractivity contribution < 1.29 is 8.42 Å². The average Bonchev–Trinajstić information content (AvgIpc) is 2.35. The fourth-order valence-electron chi connectivity index (χ4n) is 3.95. The Morgan fingerprint density at radius 3 is 2.53 bits per heavy atom. The summed E-state index contributed by atoms with van der Waals surface area (Å²) >= 11 is 0. The van der Waals surface area contributed by atoms with Crippen molar-refractivity contribution in [3.63, 3.8) is 0 Å². The van der Waals surface area contributed by atoms with Crippen LogP contribution in [0, 0.1) is 10.8 Å². The van der Waals surface area contributed by atoms with Gasteiger partial charge in [-0.2, -0.15) is 12.7 Å². The van der Waals surface area contributed by atoms with E-state index in [2.05, 4.69) is 25.5 Å². The first kappa shape index (κ1) is 13.3. The normalized spacial score (nSPS) is 37.3. The van der Waals surface area contributed by atoms with Gasteiger partial charge in [0.05, 0.1) is 0 Å². The second kappa shape index (κ2) is 3.93. The van der Waals surface area contributed by atoms with E-state index in [0.717, 1.165) is 19.3 Å². The van der Waals surface area contributed by atoms with Gasteiger partial charge in [0.2, 0.25) is 0 Å². The molecule has 17 heavy (non-hydrogen) atoms. The predicted octanol–water partition coefficient (Wildman–Crippen LogP) is 1.74. The van der Waals surface area contributed by atoms with Crippen LogP contribution in [0.4, 0.5) is 0 Å². The first-order valence-electron chi connectivity index (χ1n) is 6.44. The molecule has 0 aromatic carbocycles. The Labute approximate surface area is 105 Å². The fraction of sp³-hybridized carbons (Fsp3) is 1.00. The number of hydrogen-bond donors (Lipinski definition) is 1. The third kappa shape index (κ3) is 2.51. The number of fused-ring (bicyclic) bond motifs is 2. The Morgan fingerprint density at radius 2 is 1.94 bits per heavy atom. The van der Waals surface area contributed by atoms with Crippen molar-refractivity contribution >= 4 is 10.2 Å². The highest BCUT2D eigenvalue weighted by molar-refractivity contribution is 7.87. The summed E-state index contributed by atoms with van der Waals surface area (Å²) in [4.78, 5) is 0. The first-order chi connectivity index (χ1) is 7.68. The summed E-state index contributed by atoms with van der Waals surface area (Å²) in [6.45, 7) is 9.69. The van der Waals surface area contributed by atoms with E-state index >= 15 is 0 Å². The van der Waals surface area contributed by atoms with Crippen molar-refractivity contribution in [3.8, 4) is 0 Å². The minimum atomic E-state index is -3.27. The van der Waals surface area contributed by atoms with E-state index in [1.807, 2.05) is 6.92 Å². The SMILES string of the molecule is CCNS(=O)(=O)N1CC2(C)CC1CC(C)(C)C2. The highest BCUT2D eigenvalue weighted by Gasteiger charge is 2.52. The van der Waals surface area contributed by atoms with Crippen molar-refractivity contribution in [2.45, 2.75) is 53.0 Å². The molecule has 0 spiro atoms. The topological polar surface area (TPSA) is 49.4 Å². The average molecular weight is 260 g/mol. The molecular weight excluding hydrogens is 236 g/mol. The summed E-state index contributed by atoms with van der Waals surface area (Å²) in [5, 5.41) is 0. The van der Waals surface area contributed by atoms with Crippen molar-refractivity contribution in [1.82, 2.24) is 9.03 Å². The van der Waals surface area contributed by atoms with E-state index in [1.165, 1.54) is 0 Å². The third-order valence-electron chi connectivity index (χ3n) is 4.00. The van der Waals surface area contributed by atoms with Crippen molar-refractivity contribution in [2.24, 2.45) is 10.8 Å². The molecule has 2 aliphatic rings. The molecule has 1 saturated heterocycles. The third-order valence-corrected chi connectivity index (χ3v) is 5.70. The van der Waals surface area contributed by atoms with Crippen molar-refractivity contribution in [1.29, 1.82) is 0 Å². The van der Waals surface area contributed by atoms with E-state index in [0.29, 0.717) is 13.1 Å². The Hall–Kier alpha value is -0.130. The molecule has 2 bridgehead atoms. The lowest BCUT2D eigenvalue weighted by Gasteiger charge is -2.39. The van der Waals surface area contributed by atoms with Crippen LogP contribution >= 0.6 is 0 Å². The Balaban J connectivity index is 2.25. The lowest BCUT2D eigenvalue weighted by Crippen LogP contribution is -2.44. The minimum Gasteiger partial charge on any atom is -0.202 e. The zero-order valence-corrected chi connectivity index (χ0v) is 12.1. The highest BCUT2D eigenvalue weighted by atomic mass is 32.2. The lowest BCUT2D eigenvalue weighted by molar-refractivity contribution is 0.133. The summed E-state index contributed by atoms with van der Waals surface area (Å²) in [5.41, 5.74) is 0.420. The van der Waals surface area contributed by atoms with Crippen LogP contribution in [-0.2, 0) is 10.2 Å². The van der Waals surface area contributed by atoms with E-state index in [1.54, 1.807) is 4.31 Å². The smallest absolute Gasteiger partial charge is 0.202 e. The van der Waals surface area contributed by atoms with Gasteiger partial charge in [0.25, 0.3) is 10.2 Å². The number of rotatable bonds is 3. The van der Waals surface area contributed by atoms with Crippen LogP contribution in [0.15, 0.2) is 0 Å². The Kier molecular flexibility index (Phi) is 3.08. The van der Waals surface area contributed by atoms with Gasteiger partial charge in [-0.15, -0.1) is 0 Å². The fourth-order valence-corrected chi connectivity index (χ4v) is 5.51. The van der Waals surface area contributed by atoms with E-state index < -0.39 is 10.2 Å². The van der Waals surface area contributed by atoms with Gasteiger partial charge in [-0.05, 0) is 30.1 Å². The maximum atomic E-state index is 12.1. The summed E-state index contributed by atoms with van der Waals surface area (Å²) < 4.78 is 28.6. The molecule has 0 aromatic rings. The molecule has 2 atom stereocenters. The predicted molar refractivity (Wildman–Crippen MR) is 68.8 cm³/mol. The van der Waals surface area contributed by atoms with Crippen LogP contribution < -0.4 is 4.72 Å². The van der Waals surface area contributed by atoms with Gasteiger partial charge in [-0.1, -0.05) is 27.7 Å². The summed E-state index contributed by atoms with van der Waals surface area (Å²) in [6.07, 6.45) is 3.11. The second-order valence-electron chi connectivity index (χ2n) is 6.76. The second-order valence-corrected chi connectivity index (χ2v) is 8.47. The molecule has 0 aromatic heterocycles. The molecule has 1 aliphatic heterocycles. The zero-order chi connectivity index (χ0) is 12.9. The van der Waals surface area contributed by atoms with E-state index in [-0.39, 0.29) is 16.9 Å². The maximum absolute atomic E-state index is 12.1. The van der Waals surface area contributed by atoms with E-state index in [9.17, 15) is 8.42 Å². The largest absolute Gasteiger partial charge is 0.279 e. The molecule has 2 rings (SSSR count). The number of nitrogens with one attached hydrogen (secondary N) is 1. The minimum absolute atomic E-state index is 0.162. The standard InChI is InChI=1S/C12H24N2O2S/c1-5-13-17(15,16)14-9-12(4)7-10(14)6-11(2,3)8-12/h10,13H,5-9H2,1-4H3. The van der Waals surface area contributed by atoms with Crippen LogP contribution in [0.3, 0.4) is 0 Å². The zero-order valence-electron chi connectivity index (χ0n) is 11.3. The highest BCUT2D eigenvalue weighted by Crippen LogP contribution is 2.52. The van der Waals surface area contributed by atoms with E-state index in [4.69, 9.17) is 0 Å². The molecule has 4 nitrogen and oxygen atoms in total. The van der Waals surface area contributed by atoms with Gasteiger partial charge in [-0.25, -0.2) is 4.72 Å². The maximum Gasteiger partial charge on any atom is 0.279 e. The Bertz CT molecular complexity index is 405. The molecule has 2 fully saturated rings. The van der Waals surface area contributed by atoms with Crippen LogP contribution in [-0.4, -0.2) is 31.9 Å². The summed E-state index contributed by atoms with van der Waals surface area (Å²) in [5.74, 6) is 0. The molecule has 0 amide bonds. The molecule has 1 saturated carbocycles. The molecule has 2 unspecified atom stereocenters. The first-order valence-corrected chi connectivity index (χ1v) is 7.88. The van der Waals surface area contributed by atoms with Crippen LogP contribution in [0.2, 0.25) is 0 Å². The lowest BCUT2D eigenvalue weighted by atomic mass is 9.65. The number of nitrogens with zero attached hydrogens (tertiary/aromatic N) is 1. The van der Waals surface area contributed by atoms with Crippen LogP contribution in [0.25, 0.3) is 0 Å². The van der Waals surface area contributed by atoms with Gasteiger partial charge in [0.1, 0.15) is 0 Å². The van der Waals surface area contributed by atoms with Gasteiger partial charge in [0, 0.05) is 19.1 Å². The van der Waals surface area contributed by atoms with Gasteiger partial charge < -0.3 is 0 Å². The van der Waals surface area contributed by atoms with Crippen LogP contribution in [0.1, 0.15) is 47.0 Å². The molecular formula is C12H24N2O2S. The van der Waals surface area contributed by atoms with Crippen molar-refractivity contribution in [3.05, 3.63) is 0 Å². The summed E-state index contributed by atoms with van der Waals surface area (Å²) in [6, 6.07) is 0.188. The molecule has 100 valence electrons. The van der Waals surface area contributed by atoms with Gasteiger partial charge in [-0.3, -0.25) is 0 Å². The number of hydrogen-bond acceptors (Lipinski definition) is 2. The molecule has 1 N–H and O–H groups in total. The monoisotopic (exact) mass is 260 g/mol. The molecule has 0 radical (unpaired) electrons. The van der Waals surface area contributed by atoms with Gasteiger partial charge in [0.15, 0.2) is 0 Å². The summed E-state index contributed by atoms with van der Waals surface area (Å²) in [7, 11) is -3.27. The quantitative estimate of drug-likeness (QED) is 0.840.